The van der Waals surface area contributed by atoms with Crippen LogP contribution in [0.5, 0.6) is 0 Å². The number of hydrogen-bond donors (Lipinski definition) is 1. The lowest BCUT2D eigenvalue weighted by atomic mass is 10.0. The number of rotatable bonds is 5. The van der Waals surface area contributed by atoms with E-state index < -0.39 is 0 Å². The molecule has 0 aliphatic heterocycles. The Balaban J connectivity index is 1.08. The maximum atomic E-state index is 6.05. The molecule has 37 heavy (non-hydrogen) atoms. The van der Waals surface area contributed by atoms with Crippen molar-refractivity contribution in [3.05, 3.63) is 127 Å². The number of nitrogens with zero attached hydrogens (tertiary/aromatic N) is 1. The molecule has 0 radical (unpaired) electrons. The van der Waals surface area contributed by atoms with Gasteiger partial charge < -0.3 is 9.73 Å². The summed E-state index contributed by atoms with van der Waals surface area (Å²) < 4.78 is 7.37. The predicted molar refractivity (Wildman–Crippen MR) is 155 cm³/mol. The highest BCUT2D eigenvalue weighted by molar-refractivity contribution is 7.22. The summed E-state index contributed by atoms with van der Waals surface area (Å²) in [6, 6.07) is 44.0. The molecule has 5 aromatic carbocycles. The number of nitrogens with one attached hydrogen (secondary N) is 1. The quantitative estimate of drug-likeness (QED) is 0.259. The standard InChI is InChI=1S/C33H22N2OS/c1-2-6-24(7-3-1)33-35-29-19-14-25(20-30(29)36-33)22-10-15-27(16-11-22)34-28-17-12-23(13-18-28)32-21-26-8-4-5-9-31(26)37-32/h1-21,34H. The predicted octanol–water partition coefficient (Wildman–Crippen LogP) is 9.79. The smallest absolute Gasteiger partial charge is 0.227 e. The minimum Gasteiger partial charge on any atom is -0.436 e. The molecule has 2 aromatic heterocycles. The third-order valence-corrected chi connectivity index (χ3v) is 7.68. The number of benzene rings is 5. The molecule has 3 nitrogen and oxygen atoms in total. The van der Waals surface area contributed by atoms with Crippen LogP contribution < -0.4 is 5.32 Å². The Kier molecular flexibility index (Phi) is 5.30. The first-order valence-corrected chi connectivity index (χ1v) is 13.0. The Morgan fingerprint density at radius 2 is 1.24 bits per heavy atom. The van der Waals surface area contributed by atoms with E-state index in [1.165, 1.54) is 20.5 Å². The molecule has 0 aliphatic rings. The Labute approximate surface area is 218 Å². The molecule has 176 valence electrons. The van der Waals surface area contributed by atoms with Crippen molar-refractivity contribution in [1.82, 2.24) is 4.98 Å². The number of hydrogen-bond acceptors (Lipinski definition) is 4. The number of fused-ring (bicyclic) bond motifs is 2. The molecule has 0 unspecified atom stereocenters. The van der Waals surface area contributed by atoms with Crippen molar-refractivity contribution in [3.8, 4) is 33.0 Å². The lowest BCUT2D eigenvalue weighted by molar-refractivity contribution is 0.620. The fourth-order valence-corrected chi connectivity index (χ4v) is 5.63. The van der Waals surface area contributed by atoms with Gasteiger partial charge in [0, 0.05) is 26.5 Å². The molecule has 2 heterocycles. The minimum absolute atomic E-state index is 0.644. The number of oxazole rings is 1. The highest BCUT2D eigenvalue weighted by Gasteiger charge is 2.10. The van der Waals surface area contributed by atoms with E-state index in [-0.39, 0.29) is 0 Å². The zero-order valence-corrected chi connectivity index (χ0v) is 20.7. The Morgan fingerprint density at radius 3 is 2.00 bits per heavy atom. The van der Waals surface area contributed by atoms with Gasteiger partial charge in [-0.2, -0.15) is 0 Å². The van der Waals surface area contributed by atoms with Crippen molar-refractivity contribution in [2.75, 3.05) is 5.32 Å². The minimum atomic E-state index is 0.644. The first-order chi connectivity index (χ1) is 18.3. The lowest BCUT2D eigenvalue weighted by Crippen LogP contribution is -1.90. The summed E-state index contributed by atoms with van der Waals surface area (Å²) in [5.41, 5.74) is 8.21. The van der Waals surface area contributed by atoms with Crippen molar-refractivity contribution in [3.63, 3.8) is 0 Å². The molecule has 0 fully saturated rings. The second-order valence-electron chi connectivity index (χ2n) is 9.00. The van der Waals surface area contributed by atoms with Crippen LogP contribution >= 0.6 is 11.3 Å². The van der Waals surface area contributed by atoms with Gasteiger partial charge in [0.05, 0.1) is 0 Å². The number of anilines is 2. The van der Waals surface area contributed by atoms with Crippen LogP contribution in [0.4, 0.5) is 11.4 Å². The van der Waals surface area contributed by atoms with Crippen LogP contribution in [0, 0.1) is 0 Å². The van der Waals surface area contributed by atoms with E-state index in [9.17, 15) is 0 Å². The van der Waals surface area contributed by atoms with Gasteiger partial charge >= 0.3 is 0 Å². The second kappa shape index (κ2) is 9.08. The number of thiophene rings is 1. The summed E-state index contributed by atoms with van der Waals surface area (Å²) in [7, 11) is 0. The monoisotopic (exact) mass is 494 g/mol. The van der Waals surface area contributed by atoms with Crippen LogP contribution in [-0.4, -0.2) is 4.98 Å². The van der Waals surface area contributed by atoms with E-state index in [2.05, 4.69) is 101 Å². The van der Waals surface area contributed by atoms with E-state index in [1.807, 2.05) is 47.7 Å². The molecular weight excluding hydrogens is 472 g/mol. The fourth-order valence-electron chi connectivity index (χ4n) is 4.56. The largest absolute Gasteiger partial charge is 0.436 e. The molecule has 0 spiro atoms. The zero-order chi connectivity index (χ0) is 24.6. The maximum Gasteiger partial charge on any atom is 0.227 e. The van der Waals surface area contributed by atoms with Gasteiger partial charge in [-0.1, -0.05) is 66.7 Å². The summed E-state index contributed by atoms with van der Waals surface area (Å²) in [5.74, 6) is 0.644. The van der Waals surface area contributed by atoms with Crippen LogP contribution in [-0.2, 0) is 0 Å². The Hall–Kier alpha value is -4.67. The number of aromatic nitrogens is 1. The highest BCUT2D eigenvalue weighted by atomic mass is 32.1. The molecular formula is C33H22N2OS. The van der Waals surface area contributed by atoms with Gasteiger partial charge in [0.15, 0.2) is 5.58 Å². The average Bonchev–Trinajstić information content (AvgIpc) is 3.59. The summed E-state index contributed by atoms with van der Waals surface area (Å²) in [5, 5.41) is 4.81. The molecule has 0 saturated heterocycles. The van der Waals surface area contributed by atoms with Gasteiger partial charge in [-0.05, 0) is 82.7 Å². The van der Waals surface area contributed by atoms with Crippen LogP contribution in [0.1, 0.15) is 0 Å². The van der Waals surface area contributed by atoms with Crippen molar-refractivity contribution in [2.24, 2.45) is 0 Å². The zero-order valence-electron chi connectivity index (χ0n) is 19.9. The average molecular weight is 495 g/mol. The van der Waals surface area contributed by atoms with Gasteiger partial charge in [-0.3, -0.25) is 0 Å². The van der Waals surface area contributed by atoms with Crippen LogP contribution in [0.25, 0.3) is 54.2 Å². The van der Waals surface area contributed by atoms with E-state index in [1.54, 1.807) is 0 Å². The lowest BCUT2D eigenvalue weighted by Gasteiger charge is -2.09. The van der Waals surface area contributed by atoms with Gasteiger partial charge in [-0.25, -0.2) is 4.98 Å². The summed E-state index contributed by atoms with van der Waals surface area (Å²) in [6.07, 6.45) is 0. The molecule has 0 amide bonds. The van der Waals surface area contributed by atoms with Gasteiger partial charge in [0.25, 0.3) is 0 Å². The van der Waals surface area contributed by atoms with E-state index in [0.717, 1.165) is 39.2 Å². The SMILES string of the molecule is c1ccc(-c2nc3ccc(-c4ccc(Nc5ccc(-c6cc7ccccc7s6)cc5)cc4)cc3o2)cc1. The molecule has 0 bridgehead atoms. The third-order valence-electron chi connectivity index (χ3n) is 6.51. The first kappa shape index (κ1) is 21.6. The normalized spacial score (nSPS) is 11.2. The second-order valence-corrected chi connectivity index (χ2v) is 10.1. The molecule has 7 rings (SSSR count). The Bertz CT molecular complexity index is 1800. The maximum absolute atomic E-state index is 6.05. The summed E-state index contributed by atoms with van der Waals surface area (Å²) >= 11 is 1.83. The van der Waals surface area contributed by atoms with E-state index in [4.69, 9.17) is 4.42 Å². The Morgan fingerprint density at radius 1 is 0.568 bits per heavy atom. The highest BCUT2D eigenvalue weighted by Crippen LogP contribution is 2.34. The summed E-state index contributed by atoms with van der Waals surface area (Å²) in [4.78, 5) is 5.93. The third kappa shape index (κ3) is 4.28. The van der Waals surface area contributed by atoms with Gasteiger partial charge in [-0.15, -0.1) is 11.3 Å². The van der Waals surface area contributed by atoms with Crippen LogP contribution in [0.3, 0.4) is 0 Å². The van der Waals surface area contributed by atoms with Crippen molar-refractivity contribution < 1.29 is 4.42 Å². The van der Waals surface area contributed by atoms with Crippen LogP contribution in [0.15, 0.2) is 132 Å². The van der Waals surface area contributed by atoms with E-state index >= 15 is 0 Å². The molecule has 7 aromatic rings. The fraction of sp³-hybridized carbons (Fsp3) is 0. The molecule has 1 N–H and O–H groups in total. The first-order valence-electron chi connectivity index (χ1n) is 12.2. The topological polar surface area (TPSA) is 38.1 Å². The molecule has 0 atom stereocenters. The van der Waals surface area contributed by atoms with Crippen molar-refractivity contribution >= 4 is 43.9 Å². The van der Waals surface area contributed by atoms with Gasteiger partial charge in [0.1, 0.15) is 5.52 Å². The van der Waals surface area contributed by atoms with Crippen molar-refractivity contribution in [2.45, 2.75) is 0 Å². The van der Waals surface area contributed by atoms with Crippen molar-refractivity contribution in [1.29, 1.82) is 0 Å². The molecule has 0 aliphatic carbocycles. The molecule has 4 heteroatoms. The molecule has 0 saturated carbocycles. The van der Waals surface area contributed by atoms with Gasteiger partial charge in [0.2, 0.25) is 5.89 Å². The van der Waals surface area contributed by atoms with Crippen LogP contribution in [0.2, 0.25) is 0 Å². The summed E-state index contributed by atoms with van der Waals surface area (Å²) in [6.45, 7) is 0. The van der Waals surface area contributed by atoms with E-state index in [0.29, 0.717) is 5.89 Å².